The largest absolute Gasteiger partial charge is 0.496 e. The van der Waals surface area contributed by atoms with Gasteiger partial charge in [-0.2, -0.15) is 0 Å². The fourth-order valence-electron chi connectivity index (χ4n) is 3.45. The number of carbonyl (C=O) groups is 2. The Hall–Kier alpha value is -2.53. The summed E-state index contributed by atoms with van der Waals surface area (Å²) in [5.41, 5.74) is 2.24. The van der Waals surface area contributed by atoms with Crippen molar-refractivity contribution in [2.75, 3.05) is 19.0 Å². The molecule has 0 spiro atoms. The van der Waals surface area contributed by atoms with Crippen molar-refractivity contribution in [1.29, 1.82) is 0 Å². The molecule has 0 aromatic heterocycles. The maximum Gasteiger partial charge on any atom is 0.258 e. The molecule has 1 heterocycles. The first-order chi connectivity index (χ1) is 13.0. The Bertz CT molecular complexity index is 853. The smallest absolute Gasteiger partial charge is 0.258 e. The molecule has 0 radical (unpaired) electrons. The van der Waals surface area contributed by atoms with Crippen LogP contribution in [-0.4, -0.2) is 36.4 Å². The van der Waals surface area contributed by atoms with E-state index in [0.29, 0.717) is 29.3 Å². The first-order valence-electron chi connectivity index (χ1n) is 9.08. The van der Waals surface area contributed by atoms with Gasteiger partial charge in [-0.15, -0.1) is 0 Å². The fourth-order valence-corrected chi connectivity index (χ4v) is 3.62. The van der Waals surface area contributed by atoms with Gasteiger partial charge in [-0.3, -0.25) is 9.59 Å². The molecule has 6 heteroatoms. The van der Waals surface area contributed by atoms with E-state index in [1.807, 2.05) is 31.2 Å². The molecule has 142 valence electrons. The summed E-state index contributed by atoms with van der Waals surface area (Å²) in [5, 5.41) is 3.44. The van der Waals surface area contributed by atoms with Crippen LogP contribution in [0.15, 0.2) is 42.5 Å². The highest BCUT2D eigenvalue weighted by Gasteiger charge is 2.35. The van der Waals surface area contributed by atoms with E-state index >= 15 is 0 Å². The van der Waals surface area contributed by atoms with Crippen molar-refractivity contribution in [3.8, 4) is 5.75 Å². The molecule has 27 heavy (non-hydrogen) atoms. The monoisotopic (exact) mass is 386 g/mol. The van der Waals surface area contributed by atoms with Crippen LogP contribution in [0, 0.1) is 0 Å². The molecular weight excluding hydrogens is 364 g/mol. The van der Waals surface area contributed by atoms with E-state index in [4.69, 9.17) is 16.3 Å². The van der Waals surface area contributed by atoms with Crippen LogP contribution in [-0.2, 0) is 11.2 Å². The van der Waals surface area contributed by atoms with Crippen LogP contribution in [0.4, 0.5) is 5.69 Å². The third-order valence-electron chi connectivity index (χ3n) is 4.86. The summed E-state index contributed by atoms with van der Waals surface area (Å²) in [4.78, 5) is 27.6. The van der Waals surface area contributed by atoms with Crippen LogP contribution < -0.4 is 10.1 Å². The maximum atomic E-state index is 13.1. The Labute approximate surface area is 164 Å². The van der Waals surface area contributed by atoms with Crippen LogP contribution in [0.5, 0.6) is 5.75 Å². The van der Waals surface area contributed by atoms with Crippen molar-refractivity contribution < 1.29 is 14.3 Å². The van der Waals surface area contributed by atoms with Gasteiger partial charge in [0.2, 0.25) is 5.91 Å². The van der Waals surface area contributed by atoms with Gasteiger partial charge in [0.15, 0.2) is 0 Å². The molecule has 2 aromatic rings. The highest BCUT2D eigenvalue weighted by molar-refractivity contribution is 6.31. The second kappa shape index (κ2) is 8.44. The number of methoxy groups -OCH3 is 1. The van der Waals surface area contributed by atoms with Crippen LogP contribution in [0.2, 0.25) is 5.02 Å². The standard InChI is InChI=1S/C21H23ClN2O3/c1-3-14-7-4-5-8-17(14)23-20(25)18-9-6-12-24(18)21(26)16-13-15(22)10-11-19(16)27-2/h4-5,7-8,10-11,13,18H,3,6,9,12H2,1-2H3,(H,23,25). The quantitative estimate of drug-likeness (QED) is 0.839. The molecular formula is C21H23ClN2O3. The molecule has 0 saturated carbocycles. The topological polar surface area (TPSA) is 58.6 Å². The zero-order chi connectivity index (χ0) is 19.4. The molecule has 0 aliphatic carbocycles. The number of anilines is 1. The number of benzene rings is 2. The Morgan fingerprint density at radius 1 is 1.26 bits per heavy atom. The molecule has 1 saturated heterocycles. The number of likely N-dealkylation sites (tertiary alicyclic amines) is 1. The molecule has 3 rings (SSSR count). The lowest BCUT2D eigenvalue weighted by molar-refractivity contribution is -0.119. The zero-order valence-electron chi connectivity index (χ0n) is 15.5. The van der Waals surface area contributed by atoms with Crippen molar-refractivity contribution in [2.24, 2.45) is 0 Å². The molecule has 1 N–H and O–H groups in total. The SMILES string of the molecule is CCc1ccccc1NC(=O)C1CCCN1C(=O)c1cc(Cl)ccc1OC. The lowest BCUT2D eigenvalue weighted by Crippen LogP contribution is -2.43. The van der Waals surface area contributed by atoms with Crippen molar-refractivity contribution in [3.63, 3.8) is 0 Å². The summed E-state index contributed by atoms with van der Waals surface area (Å²) in [6, 6.07) is 12.1. The summed E-state index contributed by atoms with van der Waals surface area (Å²) < 4.78 is 5.30. The number of nitrogens with zero attached hydrogens (tertiary/aromatic N) is 1. The minimum absolute atomic E-state index is 0.164. The predicted octanol–water partition coefficient (Wildman–Crippen LogP) is 4.15. The van der Waals surface area contributed by atoms with Gasteiger partial charge in [0.1, 0.15) is 11.8 Å². The van der Waals surface area contributed by atoms with Crippen molar-refractivity contribution >= 4 is 29.1 Å². The molecule has 0 bridgehead atoms. The van der Waals surface area contributed by atoms with Crippen LogP contribution in [0.1, 0.15) is 35.7 Å². The number of halogens is 1. The van der Waals surface area contributed by atoms with Gasteiger partial charge in [-0.1, -0.05) is 36.7 Å². The molecule has 2 amide bonds. The number of aryl methyl sites for hydroxylation is 1. The Morgan fingerprint density at radius 3 is 2.78 bits per heavy atom. The van der Waals surface area contributed by atoms with Gasteiger partial charge < -0.3 is 15.0 Å². The highest BCUT2D eigenvalue weighted by atomic mass is 35.5. The predicted molar refractivity (Wildman–Crippen MR) is 107 cm³/mol. The van der Waals surface area contributed by atoms with Crippen LogP contribution in [0.3, 0.4) is 0 Å². The molecule has 2 aromatic carbocycles. The average Bonchev–Trinajstić information content (AvgIpc) is 3.17. The van der Waals surface area contributed by atoms with Gasteiger partial charge in [-0.25, -0.2) is 0 Å². The van der Waals surface area contributed by atoms with Crippen LogP contribution >= 0.6 is 11.6 Å². The van der Waals surface area contributed by atoms with E-state index in [0.717, 1.165) is 24.1 Å². The van der Waals surface area contributed by atoms with Gasteiger partial charge >= 0.3 is 0 Å². The number of rotatable bonds is 5. The Balaban J connectivity index is 1.82. The molecule has 1 unspecified atom stereocenters. The number of hydrogen-bond donors (Lipinski definition) is 1. The third kappa shape index (κ3) is 4.08. The minimum atomic E-state index is -0.508. The van der Waals surface area contributed by atoms with Gasteiger partial charge in [-0.05, 0) is 49.1 Å². The summed E-state index contributed by atoms with van der Waals surface area (Å²) in [7, 11) is 1.51. The van der Waals surface area contributed by atoms with Crippen molar-refractivity contribution in [1.82, 2.24) is 4.90 Å². The first kappa shape index (κ1) is 19.2. The van der Waals surface area contributed by atoms with Crippen LogP contribution in [0.25, 0.3) is 0 Å². The summed E-state index contributed by atoms with van der Waals surface area (Å²) in [6.45, 7) is 2.57. The second-order valence-electron chi connectivity index (χ2n) is 6.50. The summed E-state index contributed by atoms with van der Waals surface area (Å²) >= 11 is 6.06. The van der Waals surface area contributed by atoms with Gasteiger partial charge in [0, 0.05) is 17.3 Å². The van der Waals surface area contributed by atoms with E-state index in [9.17, 15) is 9.59 Å². The van der Waals surface area contributed by atoms with E-state index in [2.05, 4.69) is 5.32 Å². The number of ether oxygens (including phenoxy) is 1. The number of nitrogens with one attached hydrogen (secondary N) is 1. The lowest BCUT2D eigenvalue weighted by Gasteiger charge is -2.25. The Morgan fingerprint density at radius 2 is 2.04 bits per heavy atom. The van der Waals surface area contributed by atoms with E-state index in [-0.39, 0.29) is 11.8 Å². The summed E-state index contributed by atoms with van der Waals surface area (Å²) in [6.07, 6.45) is 2.24. The van der Waals surface area contributed by atoms with Crippen molar-refractivity contribution in [2.45, 2.75) is 32.2 Å². The number of hydrogen-bond acceptors (Lipinski definition) is 3. The lowest BCUT2D eigenvalue weighted by atomic mass is 10.1. The average molecular weight is 387 g/mol. The number of carbonyl (C=O) groups excluding carboxylic acids is 2. The molecule has 1 aliphatic rings. The molecule has 1 atom stereocenters. The van der Waals surface area contributed by atoms with E-state index in [1.54, 1.807) is 23.1 Å². The van der Waals surface area contributed by atoms with Crippen molar-refractivity contribution in [3.05, 3.63) is 58.6 Å². The van der Waals surface area contributed by atoms with Gasteiger partial charge in [0.25, 0.3) is 5.91 Å². The van der Waals surface area contributed by atoms with E-state index in [1.165, 1.54) is 7.11 Å². The number of para-hydroxylation sites is 1. The first-order valence-corrected chi connectivity index (χ1v) is 9.46. The van der Waals surface area contributed by atoms with Gasteiger partial charge in [0.05, 0.1) is 12.7 Å². The number of amides is 2. The second-order valence-corrected chi connectivity index (χ2v) is 6.94. The maximum absolute atomic E-state index is 13.1. The zero-order valence-corrected chi connectivity index (χ0v) is 16.3. The minimum Gasteiger partial charge on any atom is -0.496 e. The Kier molecular flexibility index (Phi) is 6.01. The fraction of sp³-hybridized carbons (Fsp3) is 0.333. The van der Waals surface area contributed by atoms with E-state index < -0.39 is 6.04 Å². The third-order valence-corrected chi connectivity index (χ3v) is 5.10. The molecule has 1 fully saturated rings. The molecule has 5 nitrogen and oxygen atoms in total. The normalized spacial score (nSPS) is 16.3. The molecule has 1 aliphatic heterocycles. The summed E-state index contributed by atoms with van der Waals surface area (Å²) in [5.74, 6) is 0.0466. The highest BCUT2D eigenvalue weighted by Crippen LogP contribution is 2.28.